The van der Waals surface area contributed by atoms with Crippen LogP contribution in [-0.2, 0) is 4.79 Å². The third kappa shape index (κ3) is 5.66. The Kier molecular flexibility index (Phi) is 6.03. The molecule has 0 heterocycles. The van der Waals surface area contributed by atoms with Crippen LogP contribution in [0.5, 0.6) is 11.5 Å². The van der Waals surface area contributed by atoms with E-state index in [0.717, 1.165) is 17.2 Å². The monoisotopic (exact) mass is 312 g/mol. The number of amides is 1. The van der Waals surface area contributed by atoms with Gasteiger partial charge in [0, 0.05) is 19.3 Å². The zero-order valence-electron chi connectivity index (χ0n) is 14.0. The molecule has 0 saturated carbocycles. The van der Waals surface area contributed by atoms with Crippen molar-refractivity contribution >= 4 is 11.6 Å². The van der Waals surface area contributed by atoms with Crippen LogP contribution in [0, 0.1) is 5.92 Å². The first-order valence-electron chi connectivity index (χ1n) is 7.85. The number of benzene rings is 2. The van der Waals surface area contributed by atoms with Gasteiger partial charge in [-0.3, -0.25) is 4.79 Å². The van der Waals surface area contributed by atoms with E-state index in [-0.39, 0.29) is 5.91 Å². The predicted molar refractivity (Wildman–Crippen MR) is 94.1 cm³/mol. The lowest BCUT2D eigenvalue weighted by Gasteiger charge is -2.19. The van der Waals surface area contributed by atoms with Crippen molar-refractivity contribution in [2.24, 2.45) is 5.92 Å². The molecule has 0 unspecified atom stereocenters. The Morgan fingerprint density at radius 3 is 2.26 bits per heavy atom. The number of ether oxygens (including phenoxy) is 1. The van der Waals surface area contributed by atoms with E-state index >= 15 is 0 Å². The Morgan fingerprint density at radius 1 is 1.04 bits per heavy atom. The molecule has 0 bridgehead atoms. The Hall–Kier alpha value is -2.49. The van der Waals surface area contributed by atoms with Gasteiger partial charge in [0.05, 0.1) is 6.54 Å². The van der Waals surface area contributed by atoms with Gasteiger partial charge >= 0.3 is 0 Å². The summed E-state index contributed by atoms with van der Waals surface area (Å²) in [6, 6.07) is 17.4. The molecule has 4 heteroatoms. The first kappa shape index (κ1) is 16.9. The van der Waals surface area contributed by atoms with E-state index in [1.165, 1.54) is 0 Å². The molecule has 0 saturated heterocycles. The summed E-state index contributed by atoms with van der Waals surface area (Å²) in [6.07, 6.45) is 0. The lowest BCUT2D eigenvalue weighted by Crippen LogP contribution is -2.36. The summed E-state index contributed by atoms with van der Waals surface area (Å²) in [5.41, 5.74) is 0.977. The highest BCUT2D eigenvalue weighted by Gasteiger charge is 2.08. The highest BCUT2D eigenvalue weighted by atomic mass is 16.5. The van der Waals surface area contributed by atoms with E-state index in [1.807, 2.05) is 66.5 Å². The Labute approximate surface area is 138 Å². The maximum atomic E-state index is 11.9. The topological polar surface area (TPSA) is 41.6 Å². The number of anilines is 1. The molecule has 2 aromatic carbocycles. The lowest BCUT2D eigenvalue weighted by atomic mass is 10.2. The zero-order valence-corrected chi connectivity index (χ0v) is 14.0. The maximum Gasteiger partial charge on any atom is 0.239 e. The fourth-order valence-electron chi connectivity index (χ4n) is 2.07. The van der Waals surface area contributed by atoms with Crippen LogP contribution in [0.4, 0.5) is 5.69 Å². The molecule has 0 spiro atoms. The third-order valence-electron chi connectivity index (χ3n) is 3.34. The van der Waals surface area contributed by atoms with Crippen molar-refractivity contribution in [1.29, 1.82) is 0 Å². The first-order chi connectivity index (χ1) is 11.0. The van der Waals surface area contributed by atoms with Gasteiger partial charge in [-0.05, 0) is 42.3 Å². The molecule has 0 aliphatic carbocycles. The van der Waals surface area contributed by atoms with Crippen LogP contribution in [-0.4, -0.2) is 26.0 Å². The van der Waals surface area contributed by atoms with Crippen molar-refractivity contribution in [3.8, 4) is 11.5 Å². The Balaban J connectivity index is 1.89. The Bertz CT molecular complexity index is 609. The van der Waals surface area contributed by atoms with Crippen LogP contribution >= 0.6 is 0 Å². The summed E-state index contributed by atoms with van der Waals surface area (Å²) >= 11 is 0. The molecule has 4 nitrogen and oxygen atoms in total. The van der Waals surface area contributed by atoms with Crippen molar-refractivity contribution in [3.05, 3.63) is 54.6 Å². The van der Waals surface area contributed by atoms with Gasteiger partial charge in [0.1, 0.15) is 11.5 Å². The smallest absolute Gasteiger partial charge is 0.239 e. The minimum absolute atomic E-state index is 0.0332. The average Bonchev–Trinajstić information content (AvgIpc) is 2.54. The summed E-state index contributed by atoms with van der Waals surface area (Å²) in [5.74, 6) is 2.07. The van der Waals surface area contributed by atoms with Crippen molar-refractivity contribution < 1.29 is 9.53 Å². The first-order valence-corrected chi connectivity index (χ1v) is 7.85. The number of para-hydroxylation sites is 1. The zero-order chi connectivity index (χ0) is 16.7. The highest BCUT2D eigenvalue weighted by Crippen LogP contribution is 2.23. The lowest BCUT2D eigenvalue weighted by molar-refractivity contribution is -0.119. The van der Waals surface area contributed by atoms with Gasteiger partial charge in [0.15, 0.2) is 0 Å². The minimum atomic E-state index is 0.0332. The van der Waals surface area contributed by atoms with Crippen LogP contribution < -0.4 is 15.0 Å². The van der Waals surface area contributed by atoms with Crippen LogP contribution in [0.1, 0.15) is 13.8 Å². The number of rotatable bonds is 7. The number of likely N-dealkylation sites (N-methyl/N-ethyl adjacent to an activating group) is 1. The molecule has 0 aromatic heterocycles. The van der Waals surface area contributed by atoms with E-state index in [9.17, 15) is 4.79 Å². The molecule has 122 valence electrons. The second-order valence-corrected chi connectivity index (χ2v) is 5.96. The highest BCUT2D eigenvalue weighted by molar-refractivity contribution is 5.81. The molecule has 0 fully saturated rings. The van der Waals surface area contributed by atoms with Crippen molar-refractivity contribution in [2.45, 2.75) is 13.8 Å². The van der Waals surface area contributed by atoms with Crippen LogP contribution in [0.3, 0.4) is 0 Å². The molecule has 0 radical (unpaired) electrons. The number of carbonyl (C=O) groups is 1. The summed E-state index contributed by atoms with van der Waals surface area (Å²) in [6.45, 7) is 5.20. The summed E-state index contributed by atoms with van der Waals surface area (Å²) < 4.78 is 5.76. The molecule has 0 atom stereocenters. The second-order valence-electron chi connectivity index (χ2n) is 5.96. The standard InChI is InChI=1S/C19H24N2O2/c1-15(2)13-20-19(22)14-21(3)16-9-11-18(12-10-16)23-17-7-5-4-6-8-17/h4-12,15H,13-14H2,1-3H3,(H,20,22). The number of nitrogens with zero attached hydrogens (tertiary/aromatic N) is 1. The van der Waals surface area contributed by atoms with Gasteiger partial charge in [-0.25, -0.2) is 0 Å². The Morgan fingerprint density at radius 2 is 1.65 bits per heavy atom. The molecule has 1 amide bonds. The minimum Gasteiger partial charge on any atom is -0.457 e. The van der Waals surface area contributed by atoms with Gasteiger partial charge in [-0.2, -0.15) is 0 Å². The number of carbonyl (C=O) groups excluding carboxylic acids is 1. The quantitative estimate of drug-likeness (QED) is 0.848. The SMILES string of the molecule is CC(C)CNC(=O)CN(C)c1ccc(Oc2ccccc2)cc1. The van der Waals surface area contributed by atoms with Gasteiger partial charge in [0.25, 0.3) is 0 Å². The average molecular weight is 312 g/mol. The fourth-order valence-corrected chi connectivity index (χ4v) is 2.07. The largest absolute Gasteiger partial charge is 0.457 e. The number of nitrogens with one attached hydrogen (secondary N) is 1. The fraction of sp³-hybridized carbons (Fsp3) is 0.316. The van der Waals surface area contributed by atoms with Gasteiger partial charge in [0.2, 0.25) is 5.91 Å². The molecule has 23 heavy (non-hydrogen) atoms. The number of hydrogen-bond acceptors (Lipinski definition) is 3. The number of hydrogen-bond donors (Lipinski definition) is 1. The van der Waals surface area contributed by atoms with Crippen LogP contribution in [0.25, 0.3) is 0 Å². The normalized spacial score (nSPS) is 10.4. The van der Waals surface area contributed by atoms with Crippen molar-refractivity contribution in [3.63, 3.8) is 0 Å². The van der Waals surface area contributed by atoms with E-state index in [0.29, 0.717) is 19.0 Å². The van der Waals surface area contributed by atoms with Gasteiger partial charge in [-0.1, -0.05) is 32.0 Å². The molecule has 2 aromatic rings. The van der Waals surface area contributed by atoms with E-state index in [1.54, 1.807) is 0 Å². The van der Waals surface area contributed by atoms with Crippen LogP contribution in [0.15, 0.2) is 54.6 Å². The van der Waals surface area contributed by atoms with E-state index in [4.69, 9.17) is 4.74 Å². The van der Waals surface area contributed by atoms with Crippen LogP contribution in [0.2, 0.25) is 0 Å². The summed E-state index contributed by atoms with van der Waals surface area (Å²) in [4.78, 5) is 13.8. The van der Waals surface area contributed by atoms with Crippen molar-refractivity contribution in [1.82, 2.24) is 5.32 Å². The third-order valence-corrected chi connectivity index (χ3v) is 3.34. The molecule has 2 rings (SSSR count). The predicted octanol–water partition coefficient (Wildman–Crippen LogP) is 3.69. The second kappa shape index (κ2) is 8.22. The molecule has 1 N–H and O–H groups in total. The molecular formula is C19H24N2O2. The summed E-state index contributed by atoms with van der Waals surface area (Å²) in [7, 11) is 1.90. The van der Waals surface area contributed by atoms with E-state index < -0.39 is 0 Å². The molecule has 0 aliphatic rings. The molecule has 0 aliphatic heterocycles. The maximum absolute atomic E-state index is 11.9. The molecular weight excluding hydrogens is 288 g/mol. The van der Waals surface area contributed by atoms with Crippen molar-refractivity contribution in [2.75, 3.05) is 25.0 Å². The van der Waals surface area contributed by atoms with Gasteiger partial charge < -0.3 is 15.0 Å². The van der Waals surface area contributed by atoms with Gasteiger partial charge in [-0.15, -0.1) is 0 Å². The van der Waals surface area contributed by atoms with E-state index in [2.05, 4.69) is 19.2 Å². The summed E-state index contributed by atoms with van der Waals surface area (Å²) in [5, 5.41) is 2.92.